The molecule has 1 aliphatic heterocycles. The molecular formula is C14H8F3NO3S2. The molecule has 1 N–H and O–H groups in total. The number of thiophene rings is 1. The molecule has 0 unspecified atom stereocenters. The first-order valence-electron chi connectivity index (χ1n) is 6.22. The monoisotopic (exact) mass is 359 g/mol. The molecule has 4 nitrogen and oxygen atoms in total. The van der Waals surface area contributed by atoms with Crippen molar-refractivity contribution in [2.24, 2.45) is 0 Å². The molecule has 2 heterocycles. The van der Waals surface area contributed by atoms with Crippen molar-refractivity contribution in [3.63, 3.8) is 0 Å². The van der Waals surface area contributed by atoms with Crippen LogP contribution in [0.1, 0.15) is 20.8 Å². The summed E-state index contributed by atoms with van der Waals surface area (Å²) in [5, 5.41) is 3.11. The minimum atomic E-state index is -4.49. The van der Waals surface area contributed by atoms with Crippen molar-refractivity contribution in [2.75, 3.05) is 12.4 Å². The fraction of sp³-hybridized carbons (Fsp3) is 0.143. The number of carbonyl (C=O) groups is 1. The Kier molecular flexibility index (Phi) is 3.77. The lowest BCUT2D eigenvalue weighted by atomic mass is 10.1. The molecule has 1 aromatic heterocycles. The van der Waals surface area contributed by atoms with E-state index in [1.165, 1.54) is 19.2 Å². The molecule has 0 saturated carbocycles. The predicted molar refractivity (Wildman–Crippen MR) is 82.5 cm³/mol. The van der Waals surface area contributed by atoms with Gasteiger partial charge in [-0.2, -0.15) is 13.2 Å². The molecule has 0 atom stereocenters. The minimum absolute atomic E-state index is 0.0191. The Labute approximate surface area is 137 Å². The molecule has 0 spiro atoms. The number of ether oxygens (including phenoxy) is 2. The largest absolute Gasteiger partial charge is 0.465 e. The number of alkyl halides is 3. The van der Waals surface area contributed by atoms with Crippen molar-refractivity contribution in [1.29, 1.82) is 0 Å². The lowest BCUT2D eigenvalue weighted by Crippen LogP contribution is -2.10. The Bertz CT molecular complexity index is 814. The fourth-order valence-electron chi connectivity index (χ4n) is 2.00. The van der Waals surface area contributed by atoms with Gasteiger partial charge in [-0.3, -0.25) is 0 Å². The van der Waals surface area contributed by atoms with E-state index in [4.69, 9.17) is 17.0 Å². The van der Waals surface area contributed by atoms with Crippen LogP contribution in [-0.4, -0.2) is 18.1 Å². The normalized spacial score (nSPS) is 13.3. The summed E-state index contributed by atoms with van der Waals surface area (Å²) in [6.07, 6.45) is -4.49. The SMILES string of the molecule is COC(=O)c1cc2c(s1)Oc1cc(C(F)(F)F)ccc1C(=S)N2. The van der Waals surface area contributed by atoms with Crippen LogP contribution in [0.2, 0.25) is 0 Å². The number of anilines is 1. The smallest absolute Gasteiger partial charge is 0.416 e. The topological polar surface area (TPSA) is 47.6 Å². The Hall–Kier alpha value is -2.13. The summed E-state index contributed by atoms with van der Waals surface area (Å²) >= 11 is 6.14. The second-order valence-electron chi connectivity index (χ2n) is 4.57. The highest BCUT2D eigenvalue weighted by Crippen LogP contribution is 2.44. The van der Waals surface area contributed by atoms with Crippen molar-refractivity contribution in [3.8, 4) is 10.8 Å². The second kappa shape index (κ2) is 5.50. The molecular weight excluding hydrogens is 351 g/mol. The van der Waals surface area contributed by atoms with Crippen molar-refractivity contribution < 1.29 is 27.4 Å². The van der Waals surface area contributed by atoms with Gasteiger partial charge < -0.3 is 14.8 Å². The average molecular weight is 359 g/mol. The first-order chi connectivity index (χ1) is 10.8. The van der Waals surface area contributed by atoms with Crippen LogP contribution in [0.3, 0.4) is 0 Å². The third-order valence-electron chi connectivity index (χ3n) is 3.09. The lowest BCUT2D eigenvalue weighted by Gasteiger charge is -2.11. The van der Waals surface area contributed by atoms with Crippen LogP contribution in [0.25, 0.3) is 0 Å². The maximum atomic E-state index is 12.8. The molecule has 2 aromatic rings. The van der Waals surface area contributed by atoms with Gasteiger partial charge in [0.05, 0.1) is 23.9 Å². The number of carbonyl (C=O) groups excluding carboxylic acids is 1. The third-order valence-corrected chi connectivity index (χ3v) is 4.40. The standard InChI is InChI=1S/C14H8F3NO3S2/c1-20-12(19)10-5-8-13(23-10)21-9-4-6(14(15,16)17)2-3-7(9)11(22)18-8/h2-5H,1H3,(H,18,22). The molecule has 9 heteroatoms. The van der Waals surface area contributed by atoms with Crippen molar-refractivity contribution in [2.45, 2.75) is 6.18 Å². The number of benzene rings is 1. The number of nitrogens with one attached hydrogen (secondary N) is 1. The second-order valence-corrected chi connectivity index (χ2v) is 5.99. The zero-order valence-electron chi connectivity index (χ0n) is 11.5. The van der Waals surface area contributed by atoms with E-state index in [-0.39, 0.29) is 20.7 Å². The van der Waals surface area contributed by atoms with Crippen molar-refractivity contribution >= 4 is 40.2 Å². The maximum absolute atomic E-state index is 12.8. The quantitative estimate of drug-likeness (QED) is 0.602. The fourth-order valence-corrected chi connectivity index (χ4v) is 3.17. The Balaban J connectivity index is 2.06. The van der Waals surface area contributed by atoms with Gasteiger partial charge in [0.15, 0.2) is 0 Å². The van der Waals surface area contributed by atoms with Crippen LogP contribution < -0.4 is 10.1 Å². The Morgan fingerprint density at radius 1 is 1.35 bits per heavy atom. The summed E-state index contributed by atoms with van der Waals surface area (Å²) in [4.78, 5) is 12.0. The molecule has 0 saturated heterocycles. The van der Waals surface area contributed by atoms with Gasteiger partial charge in [-0.25, -0.2) is 4.79 Å². The van der Waals surface area contributed by atoms with Crippen molar-refractivity contribution in [3.05, 3.63) is 40.3 Å². The predicted octanol–water partition coefficient (Wildman–Crippen LogP) is 4.45. The molecule has 0 fully saturated rings. The highest BCUT2D eigenvalue weighted by atomic mass is 32.1. The van der Waals surface area contributed by atoms with Gasteiger partial charge in [0, 0.05) is 0 Å². The number of hydrogen-bond acceptors (Lipinski definition) is 5. The van der Waals surface area contributed by atoms with Crippen LogP contribution in [0, 0.1) is 0 Å². The van der Waals surface area contributed by atoms with E-state index < -0.39 is 17.7 Å². The van der Waals surface area contributed by atoms with Gasteiger partial charge in [-0.15, -0.1) is 0 Å². The molecule has 23 heavy (non-hydrogen) atoms. The molecule has 120 valence electrons. The first-order valence-corrected chi connectivity index (χ1v) is 7.44. The summed E-state index contributed by atoms with van der Waals surface area (Å²) in [7, 11) is 1.23. The number of halogens is 3. The summed E-state index contributed by atoms with van der Waals surface area (Å²) in [6.45, 7) is 0. The van der Waals surface area contributed by atoms with Crippen LogP contribution in [-0.2, 0) is 10.9 Å². The van der Waals surface area contributed by atoms with Crippen LogP contribution in [0.5, 0.6) is 10.8 Å². The van der Waals surface area contributed by atoms with Gasteiger partial charge >= 0.3 is 12.1 Å². The van der Waals surface area contributed by atoms with Gasteiger partial charge in [-0.05, 0) is 24.3 Å². The maximum Gasteiger partial charge on any atom is 0.416 e. The highest BCUT2D eigenvalue weighted by Gasteiger charge is 2.32. The van der Waals surface area contributed by atoms with E-state index in [9.17, 15) is 18.0 Å². The van der Waals surface area contributed by atoms with E-state index in [0.717, 1.165) is 23.5 Å². The van der Waals surface area contributed by atoms with E-state index >= 15 is 0 Å². The summed E-state index contributed by atoms with van der Waals surface area (Å²) in [5.74, 6) is -0.585. The zero-order chi connectivity index (χ0) is 16.8. The molecule has 3 rings (SSSR count). The van der Waals surface area contributed by atoms with E-state index in [1.807, 2.05) is 0 Å². The zero-order valence-corrected chi connectivity index (χ0v) is 13.1. The summed E-state index contributed by atoms with van der Waals surface area (Å²) in [6, 6.07) is 4.56. The molecule has 0 radical (unpaired) electrons. The lowest BCUT2D eigenvalue weighted by molar-refractivity contribution is -0.137. The number of esters is 1. The van der Waals surface area contributed by atoms with E-state index in [1.54, 1.807) is 0 Å². The molecule has 1 aromatic carbocycles. The molecule has 1 aliphatic rings. The molecule has 0 aliphatic carbocycles. The minimum Gasteiger partial charge on any atom is -0.465 e. The Morgan fingerprint density at radius 3 is 2.74 bits per heavy atom. The van der Waals surface area contributed by atoms with Crippen molar-refractivity contribution in [1.82, 2.24) is 0 Å². The number of methoxy groups -OCH3 is 1. The number of rotatable bonds is 1. The van der Waals surface area contributed by atoms with Gasteiger partial charge in [-0.1, -0.05) is 23.6 Å². The number of fused-ring (bicyclic) bond motifs is 2. The first kappa shape index (κ1) is 15.8. The van der Waals surface area contributed by atoms with Crippen LogP contribution >= 0.6 is 23.6 Å². The third kappa shape index (κ3) is 2.89. The van der Waals surface area contributed by atoms with Crippen LogP contribution in [0.15, 0.2) is 24.3 Å². The van der Waals surface area contributed by atoms with Gasteiger partial charge in [0.25, 0.3) is 0 Å². The van der Waals surface area contributed by atoms with E-state index in [0.29, 0.717) is 11.3 Å². The van der Waals surface area contributed by atoms with Gasteiger partial charge in [0.2, 0.25) is 5.06 Å². The van der Waals surface area contributed by atoms with E-state index in [2.05, 4.69) is 10.1 Å². The average Bonchev–Trinajstić information content (AvgIpc) is 2.82. The molecule has 0 bridgehead atoms. The van der Waals surface area contributed by atoms with Crippen LogP contribution in [0.4, 0.5) is 18.9 Å². The highest BCUT2D eigenvalue weighted by molar-refractivity contribution is 7.81. The summed E-state index contributed by atoms with van der Waals surface area (Å²) in [5.41, 5.74) is -0.0894. The number of thiocarbonyl (C=S) groups is 1. The Morgan fingerprint density at radius 2 is 2.09 bits per heavy atom. The van der Waals surface area contributed by atoms with Gasteiger partial charge in [0.1, 0.15) is 15.6 Å². The molecule has 0 amide bonds. The number of hydrogen-bond donors (Lipinski definition) is 1. The summed E-state index contributed by atoms with van der Waals surface area (Å²) < 4.78 is 48.7.